The Bertz CT molecular complexity index is 269. The molecule has 0 radical (unpaired) electrons. The predicted molar refractivity (Wildman–Crippen MR) is 52.4 cm³/mol. The Balaban J connectivity index is 2.75. The lowest BCUT2D eigenvalue weighted by Gasteiger charge is -2.03. The molecule has 0 fully saturated rings. The number of carbonyl (C=O) groups is 1. The number of aliphatic hydroxyl groups is 1. The smallest absolute Gasteiger partial charge is 0.219 e. The predicted octanol–water partition coefficient (Wildman–Crippen LogP) is 1.39. The quantitative estimate of drug-likeness (QED) is 0.656. The average Bonchev–Trinajstić information content (AvgIpc) is 2.22. The maximum Gasteiger partial charge on any atom is 0.219 e. The first-order chi connectivity index (χ1) is 6.74. The van der Waals surface area contributed by atoms with Gasteiger partial charge in [-0.15, -0.1) is 0 Å². The van der Waals surface area contributed by atoms with E-state index in [4.69, 9.17) is 5.90 Å². The lowest BCUT2D eigenvalue weighted by molar-refractivity contribution is -0.113. The maximum atomic E-state index is 11.3. The van der Waals surface area contributed by atoms with Crippen LogP contribution in [0.5, 0.6) is 0 Å². The summed E-state index contributed by atoms with van der Waals surface area (Å²) in [5.74, 6) is 4.40. The van der Waals surface area contributed by atoms with Crippen LogP contribution >= 0.6 is 0 Å². The molecule has 1 aliphatic carbocycles. The van der Waals surface area contributed by atoms with Crippen LogP contribution in [-0.4, -0.2) is 17.5 Å². The van der Waals surface area contributed by atoms with Crippen molar-refractivity contribution in [2.45, 2.75) is 25.7 Å². The molecule has 0 atom stereocenters. The highest BCUT2D eigenvalue weighted by molar-refractivity contribution is 6.02. The molecule has 0 aromatic carbocycles. The van der Waals surface area contributed by atoms with E-state index >= 15 is 0 Å². The van der Waals surface area contributed by atoms with Crippen LogP contribution in [-0.2, 0) is 9.63 Å². The lowest BCUT2D eigenvalue weighted by Crippen LogP contribution is -2.06. The molecule has 0 bridgehead atoms. The van der Waals surface area contributed by atoms with Gasteiger partial charge in [-0.1, -0.05) is 0 Å². The van der Waals surface area contributed by atoms with E-state index in [0.29, 0.717) is 0 Å². The summed E-state index contributed by atoms with van der Waals surface area (Å²) in [6.07, 6.45) is 6.44. The van der Waals surface area contributed by atoms with Gasteiger partial charge in [0.1, 0.15) is 0 Å². The van der Waals surface area contributed by atoms with Crippen LogP contribution in [0.15, 0.2) is 23.5 Å². The Morgan fingerprint density at radius 2 is 2.29 bits per heavy atom. The molecule has 78 valence electrons. The minimum Gasteiger partial charge on any atom is -0.504 e. The van der Waals surface area contributed by atoms with E-state index in [1.807, 2.05) is 0 Å². The number of hydrogen-bond acceptors (Lipinski definition) is 4. The van der Waals surface area contributed by atoms with Crippen molar-refractivity contribution in [2.24, 2.45) is 5.90 Å². The van der Waals surface area contributed by atoms with Crippen LogP contribution in [0.1, 0.15) is 25.7 Å². The van der Waals surface area contributed by atoms with E-state index in [0.717, 1.165) is 31.3 Å². The van der Waals surface area contributed by atoms with Crippen molar-refractivity contribution in [1.82, 2.24) is 0 Å². The zero-order valence-corrected chi connectivity index (χ0v) is 8.03. The molecular weight excluding hydrogens is 182 g/mol. The Hall–Kier alpha value is -1.13. The molecule has 0 heterocycles. The van der Waals surface area contributed by atoms with Crippen LogP contribution in [0.25, 0.3) is 0 Å². The normalized spacial score (nSPS) is 26.5. The lowest BCUT2D eigenvalue weighted by atomic mass is 10.1. The number of hydrogen-bond donors (Lipinski definition) is 2. The fourth-order valence-electron chi connectivity index (χ4n) is 1.39. The van der Waals surface area contributed by atoms with Gasteiger partial charge in [0.25, 0.3) is 0 Å². The number of nitrogens with two attached hydrogens (primary N) is 1. The van der Waals surface area contributed by atoms with Gasteiger partial charge in [0.2, 0.25) is 5.78 Å². The third kappa shape index (κ3) is 3.32. The SMILES string of the molecule is NOC/C1=C/C(=O)/C(O)=C\CCCC1. The van der Waals surface area contributed by atoms with Crippen LogP contribution in [0.4, 0.5) is 0 Å². The van der Waals surface area contributed by atoms with Crippen molar-refractivity contribution in [2.75, 3.05) is 6.61 Å². The third-order valence-corrected chi connectivity index (χ3v) is 2.15. The van der Waals surface area contributed by atoms with Crippen molar-refractivity contribution in [3.63, 3.8) is 0 Å². The molecule has 1 aliphatic rings. The fraction of sp³-hybridized carbons (Fsp3) is 0.500. The van der Waals surface area contributed by atoms with Crippen LogP contribution < -0.4 is 5.90 Å². The van der Waals surface area contributed by atoms with Gasteiger partial charge in [-0.2, -0.15) is 0 Å². The molecule has 0 amide bonds. The summed E-state index contributed by atoms with van der Waals surface area (Å²) in [5.41, 5.74) is 0.833. The summed E-state index contributed by atoms with van der Waals surface area (Å²) in [6, 6.07) is 0. The number of rotatable bonds is 2. The number of allylic oxidation sites excluding steroid dienone is 2. The Kier molecular flexibility index (Phi) is 4.35. The van der Waals surface area contributed by atoms with Gasteiger partial charge < -0.3 is 9.94 Å². The summed E-state index contributed by atoms with van der Waals surface area (Å²) in [5, 5.41) is 9.29. The summed E-state index contributed by atoms with van der Waals surface area (Å²) in [4.78, 5) is 15.8. The monoisotopic (exact) mass is 197 g/mol. The number of carbonyl (C=O) groups excluding carboxylic acids is 1. The van der Waals surface area contributed by atoms with Gasteiger partial charge in [0, 0.05) is 0 Å². The standard InChI is InChI=1S/C10H15NO3/c11-14-7-8-4-2-1-3-5-9(12)10(13)6-8/h5-6,12H,1-4,7,11H2/b8-6+,9-5+. The van der Waals surface area contributed by atoms with Gasteiger partial charge in [-0.25, -0.2) is 5.90 Å². The van der Waals surface area contributed by atoms with E-state index in [2.05, 4.69) is 4.84 Å². The molecule has 0 spiro atoms. The third-order valence-electron chi connectivity index (χ3n) is 2.15. The van der Waals surface area contributed by atoms with Crippen molar-refractivity contribution >= 4 is 5.78 Å². The molecule has 4 heteroatoms. The van der Waals surface area contributed by atoms with E-state index in [-0.39, 0.29) is 18.1 Å². The Morgan fingerprint density at radius 1 is 1.50 bits per heavy atom. The zero-order valence-electron chi connectivity index (χ0n) is 8.03. The van der Waals surface area contributed by atoms with E-state index < -0.39 is 0 Å². The van der Waals surface area contributed by atoms with Crippen molar-refractivity contribution < 1.29 is 14.7 Å². The van der Waals surface area contributed by atoms with Crippen LogP contribution in [0.3, 0.4) is 0 Å². The van der Waals surface area contributed by atoms with Crippen LogP contribution in [0, 0.1) is 0 Å². The number of ketones is 1. The highest BCUT2D eigenvalue weighted by atomic mass is 16.6. The number of aliphatic hydroxyl groups excluding tert-OH is 1. The average molecular weight is 197 g/mol. The van der Waals surface area contributed by atoms with Gasteiger partial charge in [-0.3, -0.25) is 4.79 Å². The summed E-state index contributed by atoms with van der Waals surface area (Å²) < 4.78 is 0. The van der Waals surface area contributed by atoms with E-state index in [9.17, 15) is 9.90 Å². The second-order valence-corrected chi connectivity index (χ2v) is 3.31. The van der Waals surface area contributed by atoms with Gasteiger partial charge in [-0.05, 0) is 43.4 Å². The molecule has 0 aromatic rings. The first-order valence-corrected chi connectivity index (χ1v) is 4.68. The largest absolute Gasteiger partial charge is 0.504 e. The maximum absolute atomic E-state index is 11.3. The molecule has 0 saturated carbocycles. The molecule has 0 unspecified atom stereocenters. The molecular formula is C10H15NO3. The molecule has 0 aliphatic heterocycles. The highest BCUT2D eigenvalue weighted by Gasteiger charge is 2.08. The topological polar surface area (TPSA) is 72.5 Å². The van der Waals surface area contributed by atoms with Gasteiger partial charge in [0.05, 0.1) is 6.61 Å². The van der Waals surface area contributed by atoms with Crippen LogP contribution in [0.2, 0.25) is 0 Å². The van der Waals surface area contributed by atoms with Crippen molar-refractivity contribution in [1.29, 1.82) is 0 Å². The van der Waals surface area contributed by atoms with Gasteiger partial charge >= 0.3 is 0 Å². The van der Waals surface area contributed by atoms with Crippen molar-refractivity contribution in [3.8, 4) is 0 Å². The first kappa shape index (κ1) is 10.9. The van der Waals surface area contributed by atoms with Gasteiger partial charge in [0.15, 0.2) is 5.76 Å². The summed E-state index contributed by atoms with van der Waals surface area (Å²) in [6.45, 7) is 0.249. The summed E-state index contributed by atoms with van der Waals surface area (Å²) >= 11 is 0. The minimum absolute atomic E-state index is 0.179. The molecule has 14 heavy (non-hydrogen) atoms. The minimum atomic E-state index is -0.362. The first-order valence-electron chi connectivity index (χ1n) is 4.68. The highest BCUT2D eigenvalue weighted by Crippen LogP contribution is 2.14. The second kappa shape index (κ2) is 5.57. The molecule has 3 N–H and O–H groups in total. The van der Waals surface area contributed by atoms with E-state index in [1.54, 1.807) is 6.08 Å². The second-order valence-electron chi connectivity index (χ2n) is 3.31. The summed E-state index contributed by atoms with van der Waals surface area (Å²) in [7, 11) is 0. The zero-order chi connectivity index (χ0) is 10.4. The fourth-order valence-corrected chi connectivity index (χ4v) is 1.39. The molecule has 1 rings (SSSR count). The molecule has 0 aromatic heterocycles. The Labute approximate surface area is 83.0 Å². The Morgan fingerprint density at radius 3 is 3.00 bits per heavy atom. The van der Waals surface area contributed by atoms with Crippen molar-refractivity contribution in [3.05, 3.63) is 23.5 Å². The molecule has 4 nitrogen and oxygen atoms in total. The van der Waals surface area contributed by atoms with E-state index in [1.165, 1.54) is 6.08 Å². The molecule has 0 saturated heterocycles.